The van der Waals surface area contributed by atoms with E-state index >= 15 is 0 Å². The van der Waals surface area contributed by atoms with Crippen LogP contribution >= 0.6 is 11.6 Å². The fraction of sp³-hybridized carbons (Fsp3) is 0.545. The second-order valence-electron chi connectivity index (χ2n) is 3.94. The summed E-state index contributed by atoms with van der Waals surface area (Å²) < 4.78 is 3.53. The molecule has 0 unspecified atom stereocenters. The van der Waals surface area contributed by atoms with Crippen LogP contribution in [0.15, 0.2) is 6.20 Å². The Morgan fingerprint density at radius 2 is 2.17 bits per heavy atom. The molecule has 0 radical (unpaired) electrons. The molecule has 1 N–H and O–H groups in total. The maximum Gasteiger partial charge on any atom is 0.108 e. The molecular formula is C11H16ClN5O. The summed E-state index contributed by atoms with van der Waals surface area (Å²) >= 11 is 6.30. The molecule has 2 heterocycles. The molecule has 2 rings (SSSR count). The third-order valence-corrected chi connectivity index (χ3v) is 3.19. The predicted molar refractivity (Wildman–Crippen MR) is 67.3 cm³/mol. The fourth-order valence-corrected chi connectivity index (χ4v) is 2.14. The first-order valence-corrected chi connectivity index (χ1v) is 6.31. The van der Waals surface area contributed by atoms with Gasteiger partial charge in [-0.25, -0.2) is 4.68 Å². The summed E-state index contributed by atoms with van der Waals surface area (Å²) in [6.07, 6.45) is 2.51. The van der Waals surface area contributed by atoms with Gasteiger partial charge in [0.15, 0.2) is 0 Å². The molecule has 6 nitrogen and oxygen atoms in total. The summed E-state index contributed by atoms with van der Waals surface area (Å²) in [6.45, 7) is 5.20. The van der Waals surface area contributed by atoms with Crippen LogP contribution in [-0.4, -0.2) is 29.9 Å². The van der Waals surface area contributed by atoms with E-state index in [4.69, 9.17) is 16.7 Å². The Morgan fingerprint density at radius 1 is 1.39 bits per heavy atom. The van der Waals surface area contributed by atoms with Gasteiger partial charge in [0.1, 0.15) is 5.69 Å². The minimum absolute atomic E-state index is 0.110. The minimum atomic E-state index is -0.110. The van der Waals surface area contributed by atoms with Crippen LogP contribution in [0.2, 0.25) is 5.02 Å². The molecule has 2 aromatic heterocycles. The van der Waals surface area contributed by atoms with Crippen LogP contribution in [0.5, 0.6) is 0 Å². The molecule has 98 valence electrons. The summed E-state index contributed by atoms with van der Waals surface area (Å²) in [5.74, 6) is 0. The van der Waals surface area contributed by atoms with Crippen molar-refractivity contribution in [2.24, 2.45) is 0 Å². The first-order valence-electron chi connectivity index (χ1n) is 5.93. The fourth-order valence-electron chi connectivity index (χ4n) is 1.81. The van der Waals surface area contributed by atoms with Gasteiger partial charge in [-0.05, 0) is 13.3 Å². The minimum Gasteiger partial charge on any atom is -0.390 e. The Bertz CT molecular complexity index is 534. The van der Waals surface area contributed by atoms with Gasteiger partial charge in [-0.3, -0.25) is 4.68 Å². The number of aliphatic hydroxyl groups excluding tert-OH is 1. The SMILES string of the molecule is CCc1nn(CC)c(Cn2cc(CO)nn2)c1Cl. The highest BCUT2D eigenvalue weighted by Gasteiger charge is 2.15. The number of aryl methyl sites for hydroxylation is 2. The quantitative estimate of drug-likeness (QED) is 0.887. The number of nitrogens with zero attached hydrogens (tertiary/aromatic N) is 5. The highest BCUT2D eigenvalue weighted by molar-refractivity contribution is 6.31. The smallest absolute Gasteiger partial charge is 0.108 e. The van der Waals surface area contributed by atoms with E-state index < -0.39 is 0 Å². The van der Waals surface area contributed by atoms with Crippen LogP contribution in [0, 0.1) is 0 Å². The zero-order chi connectivity index (χ0) is 13.1. The van der Waals surface area contributed by atoms with Gasteiger partial charge in [-0.2, -0.15) is 5.10 Å². The van der Waals surface area contributed by atoms with E-state index in [1.807, 2.05) is 18.5 Å². The van der Waals surface area contributed by atoms with E-state index in [2.05, 4.69) is 15.4 Å². The zero-order valence-electron chi connectivity index (χ0n) is 10.5. The van der Waals surface area contributed by atoms with Crippen LogP contribution in [-0.2, 0) is 26.1 Å². The van der Waals surface area contributed by atoms with E-state index in [1.165, 1.54) is 0 Å². The van der Waals surface area contributed by atoms with Crippen molar-refractivity contribution < 1.29 is 5.11 Å². The number of aliphatic hydroxyl groups is 1. The molecule has 0 spiro atoms. The highest BCUT2D eigenvalue weighted by atomic mass is 35.5. The Balaban J connectivity index is 2.29. The maximum absolute atomic E-state index is 8.96. The molecular weight excluding hydrogens is 254 g/mol. The average Bonchev–Trinajstić information content (AvgIpc) is 2.96. The summed E-state index contributed by atoms with van der Waals surface area (Å²) in [5.41, 5.74) is 2.37. The van der Waals surface area contributed by atoms with Gasteiger partial charge < -0.3 is 5.11 Å². The van der Waals surface area contributed by atoms with Crippen molar-refractivity contribution in [3.8, 4) is 0 Å². The van der Waals surface area contributed by atoms with Crippen molar-refractivity contribution in [3.05, 3.63) is 28.3 Å². The number of aromatic nitrogens is 5. The molecule has 0 bridgehead atoms. The van der Waals surface area contributed by atoms with E-state index in [9.17, 15) is 0 Å². The van der Waals surface area contributed by atoms with Gasteiger partial charge in [-0.1, -0.05) is 23.7 Å². The monoisotopic (exact) mass is 269 g/mol. The normalized spacial score (nSPS) is 11.1. The summed E-state index contributed by atoms with van der Waals surface area (Å²) in [7, 11) is 0. The molecule has 0 amide bonds. The Kier molecular flexibility index (Phi) is 3.98. The number of rotatable bonds is 5. The molecule has 2 aromatic rings. The Hall–Kier alpha value is -1.40. The first kappa shape index (κ1) is 13.0. The molecule has 0 atom stereocenters. The molecule has 0 aliphatic heterocycles. The topological polar surface area (TPSA) is 68.8 Å². The molecule has 0 saturated heterocycles. The predicted octanol–water partition coefficient (Wildman–Crippen LogP) is 1.25. The summed E-state index contributed by atoms with van der Waals surface area (Å²) in [5, 5.41) is 21.9. The van der Waals surface area contributed by atoms with Crippen molar-refractivity contribution in [3.63, 3.8) is 0 Å². The van der Waals surface area contributed by atoms with Crippen molar-refractivity contribution in [1.29, 1.82) is 0 Å². The van der Waals surface area contributed by atoms with Crippen LogP contribution in [0.1, 0.15) is 30.9 Å². The molecule has 0 aliphatic carbocycles. The lowest BCUT2D eigenvalue weighted by atomic mass is 10.3. The van der Waals surface area contributed by atoms with Crippen LogP contribution in [0.3, 0.4) is 0 Å². The molecule has 0 saturated carbocycles. The Labute approximate surface area is 110 Å². The maximum atomic E-state index is 8.96. The molecule has 18 heavy (non-hydrogen) atoms. The van der Waals surface area contributed by atoms with Crippen molar-refractivity contribution in [1.82, 2.24) is 24.8 Å². The largest absolute Gasteiger partial charge is 0.390 e. The third kappa shape index (κ3) is 2.39. The molecule has 0 aliphatic rings. The standard InChI is InChI=1S/C11H16ClN5O/c1-3-9-11(12)10(17(4-2)14-9)6-16-5-8(7-18)13-15-16/h5,18H,3-4,6-7H2,1-2H3. The molecule has 0 aromatic carbocycles. The Morgan fingerprint density at radius 3 is 2.72 bits per heavy atom. The van der Waals surface area contributed by atoms with E-state index in [0.717, 1.165) is 24.4 Å². The van der Waals surface area contributed by atoms with Gasteiger partial charge >= 0.3 is 0 Å². The zero-order valence-corrected chi connectivity index (χ0v) is 11.2. The third-order valence-electron chi connectivity index (χ3n) is 2.75. The summed E-state index contributed by atoms with van der Waals surface area (Å²) in [4.78, 5) is 0. The second kappa shape index (κ2) is 5.49. The molecule has 7 heteroatoms. The van der Waals surface area contributed by atoms with Gasteiger partial charge in [0.05, 0.1) is 35.8 Å². The van der Waals surface area contributed by atoms with Gasteiger partial charge in [0.2, 0.25) is 0 Å². The van der Waals surface area contributed by atoms with E-state index in [1.54, 1.807) is 10.9 Å². The van der Waals surface area contributed by atoms with Crippen LogP contribution < -0.4 is 0 Å². The van der Waals surface area contributed by atoms with Gasteiger partial charge in [-0.15, -0.1) is 5.10 Å². The first-order chi connectivity index (χ1) is 8.69. The number of hydrogen-bond acceptors (Lipinski definition) is 4. The van der Waals surface area contributed by atoms with E-state index in [0.29, 0.717) is 17.3 Å². The van der Waals surface area contributed by atoms with Crippen LogP contribution in [0.25, 0.3) is 0 Å². The van der Waals surface area contributed by atoms with Crippen LogP contribution in [0.4, 0.5) is 0 Å². The van der Waals surface area contributed by atoms with Crippen molar-refractivity contribution in [2.45, 2.75) is 40.0 Å². The van der Waals surface area contributed by atoms with E-state index in [-0.39, 0.29) is 6.61 Å². The number of hydrogen-bond donors (Lipinski definition) is 1. The average molecular weight is 270 g/mol. The summed E-state index contributed by atoms with van der Waals surface area (Å²) in [6, 6.07) is 0. The van der Waals surface area contributed by atoms with Gasteiger partial charge in [0, 0.05) is 6.54 Å². The van der Waals surface area contributed by atoms with Crippen molar-refractivity contribution in [2.75, 3.05) is 0 Å². The lowest BCUT2D eigenvalue weighted by Crippen LogP contribution is -2.08. The highest BCUT2D eigenvalue weighted by Crippen LogP contribution is 2.22. The second-order valence-corrected chi connectivity index (χ2v) is 4.32. The van der Waals surface area contributed by atoms with Crippen molar-refractivity contribution >= 4 is 11.6 Å². The van der Waals surface area contributed by atoms with Gasteiger partial charge in [0.25, 0.3) is 0 Å². The lowest BCUT2D eigenvalue weighted by Gasteiger charge is -2.04. The number of halogens is 1. The lowest BCUT2D eigenvalue weighted by molar-refractivity contribution is 0.276. The molecule has 0 fully saturated rings.